The fourth-order valence-corrected chi connectivity index (χ4v) is 5.47. The highest BCUT2D eigenvalue weighted by atomic mass is 79.9. The van der Waals surface area contributed by atoms with Gasteiger partial charge in [-0.15, -0.1) is 0 Å². The molecule has 140 valence electrons. The van der Waals surface area contributed by atoms with Crippen molar-refractivity contribution in [1.82, 2.24) is 9.97 Å². The number of benzene rings is 2. The third kappa shape index (κ3) is 2.64. The van der Waals surface area contributed by atoms with Gasteiger partial charge in [-0.3, -0.25) is 0 Å². The maximum atomic E-state index is 6.50. The molecule has 1 saturated carbocycles. The van der Waals surface area contributed by atoms with E-state index in [1.165, 1.54) is 31.2 Å². The summed E-state index contributed by atoms with van der Waals surface area (Å²) in [6, 6.07) is 8.95. The highest BCUT2D eigenvalue weighted by Crippen LogP contribution is 2.50. The molecule has 1 heterocycles. The lowest BCUT2D eigenvalue weighted by Gasteiger charge is -2.38. The monoisotopic (exact) mass is 423 g/mol. The number of hydrogen-bond acceptors (Lipinski definition) is 2. The molecule has 3 nitrogen and oxygen atoms in total. The predicted octanol–water partition coefficient (Wildman–Crippen LogP) is 6.84. The van der Waals surface area contributed by atoms with Crippen molar-refractivity contribution in [3.05, 3.63) is 45.4 Å². The Kier molecular flexibility index (Phi) is 4.08. The van der Waals surface area contributed by atoms with Crippen LogP contribution < -0.4 is 5.73 Å². The van der Waals surface area contributed by atoms with E-state index < -0.39 is 0 Å². The quantitative estimate of drug-likeness (QED) is 0.452. The van der Waals surface area contributed by atoms with Crippen LogP contribution in [0.3, 0.4) is 0 Å². The molecular formula is C23H26BrN3. The summed E-state index contributed by atoms with van der Waals surface area (Å²) in [6.07, 6.45) is 6.46. The molecule has 0 amide bonds. The van der Waals surface area contributed by atoms with E-state index in [0.29, 0.717) is 5.92 Å². The Balaban J connectivity index is 1.70. The average Bonchev–Trinajstić information content (AvgIpc) is 3.11. The summed E-state index contributed by atoms with van der Waals surface area (Å²) in [5.74, 6) is 2.82. The van der Waals surface area contributed by atoms with Crippen LogP contribution in [0.25, 0.3) is 22.4 Å². The van der Waals surface area contributed by atoms with Gasteiger partial charge in [0.15, 0.2) is 0 Å². The van der Waals surface area contributed by atoms with Gasteiger partial charge in [0, 0.05) is 10.0 Å². The van der Waals surface area contributed by atoms with Crippen molar-refractivity contribution in [2.24, 2.45) is 0 Å². The van der Waals surface area contributed by atoms with Crippen molar-refractivity contribution in [2.45, 2.75) is 63.7 Å². The maximum Gasteiger partial charge on any atom is 0.140 e. The Bertz CT molecular complexity index is 979. The van der Waals surface area contributed by atoms with Crippen molar-refractivity contribution in [2.75, 3.05) is 5.73 Å². The molecule has 0 radical (unpaired) electrons. The predicted molar refractivity (Wildman–Crippen MR) is 116 cm³/mol. The van der Waals surface area contributed by atoms with Crippen LogP contribution in [-0.2, 0) is 0 Å². The number of imidazole rings is 1. The Hall–Kier alpha value is -1.81. The van der Waals surface area contributed by atoms with Crippen LogP contribution in [0.1, 0.15) is 80.4 Å². The van der Waals surface area contributed by atoms with Gasteiger partial charge in [0.1, 0.15) is 5.82 Å². The van der Waals surface area contributed by atoms with Crippen LogP contribution in [0.15, 0.2) is 28.7 Å². The number of rotatable bonds is 3. The number of nitrogens with two attached hydrogens (primary N) is 1. The second-order valence-electron chi connectivity index (χ2n) is 8.37. The van der Waals surface area contributed by atoms with Crippen LogP contribution in [0.4, 0.5) is 5.69 Å². The molecule has 6 rings (SSSR count). The summed E-state index contributed by atoms with van der Waals surface area (Å²) in [6.45, 7) is 4.47. The van der Waals surface area contributed by atoms with Gasteiger partial charge in [-0.25, -0.2) is 4.98 Å². The van der Waals surface area contributed by atoms with Crippen LogP contribution in [0.5, 0.6) is 0 Å². The first kappa shape index (κ1) is 17.3. The number of aromatic nitrogens is 2. The number of H-pyrrole nitrogens is 1. The summed E-state index contributed by atoms with van der Waals surface area (Å²) in [5.41, 5.74) is 14.9. The van der Waals surface area contributed by atoms with Gasteiger partial charge in [0.25, 0.3) is 0 Å². The molecule has 1 aromatic heterocycles. The highest BCUT2D eigenvalue weighted by Gasteiger charge is 2.33. The van der Waals surface area contributed by atoms with Gasteiger partial charge in [-0.1, -0.05) is 19.9 Å². The first-order valence-corrected chi connectivity index (χ1v) is 11.0. The lowest BCUT2D eigenvalue weighted by molar-refractivity contribution is 0.359. The number of hydrogen-bond donors (Lipinski definition) is 2. The van der Waals surface area contributed by atoms with Crippen molar-refractivity contribution in [3.8, 4) is 11.4 Å². The van der Waals surface area contributed by atoms with E-state index in [2.05, 4.69) is 59.0 Å². The van der Waals surface area contributed by atoms with E-state index >= 15 is 0 Å². The lowest BCUT2D eigenvalue weighted by Crippen LogP contribution is -2.21. The summed E-state index contributed by atoms with van der Waals surface area (Å²) in [4.78, 5) is 8.59. The van der Waals surface area contributed by atoms with E-state index in [-0.39, 0.29) is 0 Å². The smallest absolute Gasteiger partial charge is 0.140 e. The fraction of sp³-hybridized carbons (Fsp3) is 0.435. The molecule has 2 aromatic carbocycles. The largest absolute Gasteiger partial charge is 0.397 e. The molecule has 1 unspecified atom stereocenters. The molecule has 1 atom stereocenters. The van der Waals surface area contributed by atoms with E-state index in [9.17, 15) is 0 Å². The lowest BCUT2D eigenvalue weighted by atomic mass is 9.67. The van der Waals surface area contributed by atoms with E-state index in [1.807, 2.05) is 0 Å². The number of nitrogens with zero attached hydrogens (tertiary/aromatic N) is 1. The topological polar surface area (TPSA) is 54.7 Å². The Morgan fingerprint density at radius 1 is 1.15 bits per heavy atom. The molecule has 0 aliphatic heterocycles. The molecule has 4 heteroatoms. The van der Waals surface area contributed by atoms with Gasteiger partial charge in [-0.05, 0) is 101 Å². The van der Waals surface area contributed by atoms with Crippen molar-refractivity contribution in [1.29, 1.82) is 0 Å². The van der Waals surface area contributed by atoms with Crippen LogP contribution >= 0.6 is 15.9 Å². The molecule has 0 spiro atoms. The van der Waals surface area contributed by atoms with Gasteiger partial charge < -0.3 is 10.7 Å². The molecule has 0 saturated heterocycles. The number of nitrogens with one attached hydrogen (secondary N) is 1. The number of aromatic amines is 1. The zero-order valence-corrected chi connectivity index (χ0v) is 17.6. The first-order valence-electron chi connectivity index (χ1n) is 10.2. The number of nitrogen functional groups attached to an aromatic ring is 1. The highest BCUT2D eigenvalue weighted by molar-refractivity contribution is 9.10. The Labute approximate surface area is 168 Å². The van der Waals surface area contributed by atoms with E-state index in [1.54, 1.807) is 11.1 Å². The standard InChI is InChI=1S/C23H26BrN3/c1-3-12(2)15-8-9-18(24)22(25)21(15)23-26-19-10-16-13-4-5-14(7-6-13)17(16)11-20(19)27-23/h8-14H,3-7,25H2,1-2H3,(H,26,27). The minimum atomic E-state index is 0.438. The summed E-state index contributed by atoms with van der Waals surface area (Å²) >= 11 is 3.60. The Morgan fingerprint density at radius 3 is 2.48 bits per heavy atom. The third-order valence-corrected chi connectivity index (χ3v) is 7.59. The van der Waals surface area contributed by atoms with Gasteiger partial charge in [0.2, 0.25) is 0 Å². The Morgan fingerprint density at radius 2 is 1.81 bits per heavy atom. The van der Waals surface area contributed by atoms with Crippen LogP contribution in [-0.4, -0.2) is 9.97 Å². The van der Waals surface area contributed by atoms with Crippen molar-refractivity contribution >= 4 is 32.7 Å². The summed E-state index contributed by atoms with van der Waals surface area (Å²) in [5, 5.41) is 0. The molecule has 27 heavy (non-hydrogen) atoms. The molecule has 3 aliphatic rings. The zero-order chi connectivity index (χ0) is 18.7. The minimum Gasteiger partial charge on any atom is -0.397 e. The molecule has 3 aromatic rings. The van der Waals surface area contributed by atoms with Gasteiger partial charge in [-0.2, -0.15) is 0 Å². The summed E-state index contributed by atoms with van der Waals surface area (Å²) in [7, 11) is 0. The summed E-state index contributed by atoms with van der Waals surface area (Å²) < 4.78 is 0.933. The fourth-order valence-electron chi connectivity index (χ4n) is 5.14. The molecule has 1 fully saturated rings. The first-order chi connectivity index (χ1) is 13.1. The molecular weight excluding hydrogens is 398 g/mol. The van der Waals surface area contributed by atoms with Gasteiger partial charge >= 0.3 is 0 Å². The third-order valence-electron chi connectivity index (χ3n) is 6.90. The minimum absolute atomic E-state index is 0.438. The van der Waals surface area contributed by atoms with E-state index in [4.69, 9.17) is 10.7 Å². The second kappa shape index (κ2) is 6.37. The van der Waals surface area contributed by atoms with Crippen LogP contribution in [0, 0.1) is 0 Å². The molecule has 3 N–H and O–H groups in total. The SMILES string of the molecule is CCC(C)c1ccc(Br)c(N)c1-c1nc2cc3c(cc2[nH]1)C1CCC3CC1. The van der Waals surface area contributed by atoms with Gasteiger partial charge in [0.05, 0.1) is 16.7 Å². The van der Waals surface area contributed by atoms with Crippen molar-refractivity contribution < 1.29 is 0 Å². The molecule has 3 aliphatic carbocycles. The zero-order valence-electron chi connectivity index (χ0n) is 16.0. The molecule has 2 bridgehead atoms. The number of halogens is 1. The van der Waals surface area contributed by atoms with Crippen molar-refractivity contribution in [3.63, 3.8) is 0 Å². The number of anilines is 1. The average molecular weight is 424 g/mol. The number of fused-ring (bicyclic) bond motifs is 3. The normalized spacial score (nSPS) is 22.2. The van der Waals surface area contributed by atoms with Crippen LogP contribution in [0.2, 0.25) is 0 Å². The second-order valence-corrected chi connectivity index (χ2v) is 9.22. The maximum absolute atomic E-state index is 6.50. The van der Waals surface area contributed by atoms with E-state index in [0.717, 1.165) is 50.8 Å².